The van der Waals surface area contributed by atoms with E-state index in [2.05, 4.69) is 15.5 Å². The molecule has 0 unspecified atom stereocenters. The minimum Gasteiger partial charge on any atom is -0.478 e. The number of nitrogens with zero attached hydrogens (tertiary/aromatic N) is 2. The number of esters is 1. The number of carbonyl (C=O) groups is 2. The molecule has 0 aliphatic carbocycles. The van der Waals surface area contributed by atoms with Gasteiger partial charge in [0.15, 0.2) is 0 Å². The molecule has 0 fully saturated rings. The van der Waals surface area contributed by atoms with Crippen LogP contribution in [0.5, 0.6) is 0 Å². The Morgan fingerprint density at radius 3 is 2.73 bits per heavy atom. The summed E-state index contributed by atoms with van der Waals surface area (Å²) >= 11 is 7.36. The normalized spacial score (nSPS) is 10.9. The van der Waals surface area contributed by atoms with Crippen LogP contribution in [0, 0.1) is 0 Å². The summed E-state index contributed by atoms with van der Waals surface area (Å²) in [6, 6.07) is 11.9. The maximum atomic E-state index is 11.5. The van der Waals surface area contributed by atoms with Gasteiger partial charge < -0.3 is 9.84 Å². The minimum absolute atomic E-state index is 0.124. The molecule has 0 radical (unpaired) electrons. The Morgan fingerprint density at radius 1 is 1.27 bits per heavy atom. The second kappa shape index (κ2) is 10.00. The van der Waals surface area contributed by atoms with Crippen molar-refractivity contribution >= 4 is 46.2 Å². The van der Waals surface area contributed by atoms with E-state index in [1.54, 1.807) is 42.8 Å². The van der Waals surface area contributed by atoms with Crippen molar-refractivity contribution in [1.82, 2.24) is 4.98 Å². The van der Waals surface area contributed by atoms with Crippen molar-refractivity contribution in [2.45, 2.75) is 13.3 Å². The molecule has 0 saturated heterocycles. The fraction of sp³-hybridized carbons (Fsp3) is 0.143. The first kappa shape index (κ1) is 21.5. The maximum absolute atomic E-state index is 11.5. The van der Waals surface area contributed by atoms with E-state index in [0.717, 1.165) is 11.1 Å². The second-order valence-electron chi connectivity index (χ2n) is 6.11. The molecule has 0 bridgehead atoms. The van der Waals surface area contributed by atoms with E-state index in [1.807, 2.05) is 12.1 Å². The molecular formula is C21H18ClN3O4S. The number of carboxylic acid groups (broad SMARTS) is 1. The highest BCUT2D eigenvalue weighted by Gasteiger charge is 2.12. The summed E-state index contributed by atoms with van der Waals surface area (Å²) in [7, 11) is 0. The highest BCUT2D eigenvalue weighted by molar-refractivity contribution is 7.13. The summed E-state index contributed by atoms with van der Waals surface area (Å²) in [5, 5.41) is 16.3. The smallest absolute Gasteiger partial charge is 0.336 e. The lowest BCUT2D eigenvalue weighted by molar-refractivity contribution is -0.142. The van der Waals surface area contributed by atoms with E-state index in [-0.39, 0.29) is 18.0 Å². The van der Waals surface area contributed by atoms with Crippen LogP contribution in [0.25, 0.3) is 11.1 Å². The largest absolute Gasteiger partial charge is 0.478 e. The summed E-state index contributed by atoms with van der Waals surface area (Å²) < 4.78 is 4.90. The summed E-state index contributed by atoms with van der Waals surface area (Å²) in [5.41, 5.74) is 5.74. The van der Waals surface area contributed by atoms with E-state index >= 15 is 0 Å². The van der Waals surface area contributed by atoms with E-state index in [4.69, 9.17) is 16.3 Å². The molecule has 154 valence electrons. The summed E-state index contributed by atoms with van der Waals surface area (Å²) in [6.07, 6.45) is 1.74. The molecule has 3 aromatic rings. The molecular weight excluding hydrogens is 426 g/mol. The predicted molar refractivity (Wildman–Crippen MR) is 118 cm³/mol. The number of hydrazone groups is 1. The zero-order valence-corrected chi connectivity index (χ0v) is 17.5. The first-order valence-electron chi connectivity index (χ1n) is 8.98. The van der Waals surface area contributed by atoms with Crippen LogP contribution in [0.1, 0.15) is 28.5 Å². The predicted octanol–water partition coefficient (Wildman–Crippen LogP) is 4.71. The van der Waals surface area contributed by atoms with Crippen molar-refractivity contribution < 1.29 is 19.4 Å². The van der Waals surface area contributed by atoms with Crippen LogP contribution in [-0.4, -0.2) is 34.9 Å². The van der Waals surface area contributed by atoms with E-state index in [0.29, 0.717) is 28.0 Å². The van der Waals surface area contributed by atoms with E-state index in [1.165, 1.54) is 17.4 Å². The molecule has 0 saturated carbocycles. The first-order valence-corrected chi connectivity index (χ1v) is 10.2. The number of ether oxygens (including phenoxy) is 1. The third kappa shape index (κ3) is 5.65. The molecule has 3 rings (SSSR count). The number of halogens is 1. The lowest BCUT2D eigenvalue weighted by Gasteiger charge is -2.07. The first-order chi connectivity index (χ1) is 14.5. The van der Waals surface area contributed by atoms with E-state index in [9.17, 15) is 14.7 Å². The molecule has 0 aliphatic rings. The number of hydrogen-bond donors (Lipinski definition) is 2. The second-order valence-corrected chi connectivity index (χ2v) is 7.41. The van der Waals surface area contributed by atoms with Gasteiger partial charge >= 0.3 is 11.9 Å². The van der Waals surface area contributed by atoms with Gasteiger partial charge in [0.2, 0.25) is 5.13 Å². The molecule has 0 aliphatic heterocycles. The quantitative estimate of drug-likeness (QED) is 0.297. The number of anilines is 1. The lowest BCUT2D eigenvalue weighted by atomic mass is 9.99. The van der Waals surface area contributed by atoms with Gasteiger partial charge in [-0.15, -0.1) is 11.3 Å². The van der Waals surface area contributed by atoms with Crippen molar-refractivity contribution in [2.75, 3.05) is 12.0 Å². The Kier molecular flexibility index (Phi) is 7.16. The zero-order valence-electron chi connectivity index (χ0n) is 16.0. The topological polar surface area (TPSA) is 101 Å². The fourth-order valence-corrected chi connectivity index (χ4v) is 3.48. The molecule has 9 heteroatoms. The van der Waals surface area contributed by atoms with Gasteiger partial charge in [0.05, 0.1) is 30.5 Å². The van der Waals surface area contributed by atoms with Gasteiger partial charge in [-0.05, 0) is 41.8 Å². The number of thiazole rings is 1. The molecule has 1 heterocycles. The van der Waals surface area contributed by atoms with Crippen LogP contribution >= 0.6 is 22.9 Å². The SMILES string of the molecule is CCOC(=O)Cc1csc(NN=Cc2ccc(-c3cc(Cl)ccc3C(=O)O)cc2)n1. The minimum atomic E-state index is -1.01. The Labute approximate surface area is 182 Å². The molecule has 7 nitrogen and oxygen atoms in total. The zero-order chi connectivity index (χ0) is 21.5. The van der Waals surface area contributed by atoms with Gasteiger partial charge in [-0.2, -0.15) is 5.10 Å². The van der Waals surface area contributed by atoms with Crippen molar-refractivity contribution in [2.24, 2.45) is 5.10 Å². The van der Waals surface area contributed by atoms with Crippen LogP contribution < -0.4 is 5.43 Å². The number of hydrogen-bond acceptors (Lipinski definition) is 7. The number of rotatable bonds is 8. The average Bonchev–Trinajstić information content (AvgIpc) is 3.15. The number of carboxylic acids is 1. The average molecular weight is 444 g/mol. The summed E-state index contributed by atoms with van der Waals surface area (Å²) in [6.45, 7) is 2.10. The summed E-state index contributed by atoms with van der Waals surface area (Å²) in [5.74, 6) is -1.33. The third-order valence-electron chi connectivity index (χ3n) is 3.99. The van der Waals surface area contributed by atoms with Gasteiger partial charge in [-0.1, -0.05) is 35.9 Å². The van der Waals surface area contributed by atoms with Crippen LogP contribution in [0.4, 0.5) is 5.13 Å². The fourth-order valence-electron chi connectivity index (χ4n) is 2.65. The number of aromatic nitrogens is 1. The number of carbonyl (C=O) groups excluding carboxylic acids is 1. The molecule has 0 amide bonds. The highest BCUT2D eigenvalue weighted by atomic mass is 35.5. The molecule has 2 aromatic carbocycles. The van der Waals surface area contributed by atoms with Gasteiger partial charge in [0.1, 0.15) is 0 Å². The maximum Gasteiger partial charge on any atom is 0.336 e. The number of benzene rings is 2. The number of nitrogens with one attached hydrogen (secondary N) is 1. The molecule has 0 atom stereocenters. The van der Waals surface area contributed by atoms with Crippen LogP contribution in [0.15, 0.2) is 52.9 Å². The van der Waals surface area contributed by atoms with Crippen molar-refractivity contribution in [3.8, 4) is 11.1 Å². The Bertz CT molecular complexity index is 1080. The standard InChI is InChI=1S/C21H18ClN3O4S/c1-2-29-19(26)10-16-12-30-21(24-16)25-23-11-13-3-5-14(6-4-13)18-9-15(22)7-8-17(18)20(27)28/h3-9,11-12H,2,10H2,1H3,(H,24,25)(H,27,28). The van der Waals surface area contributed by atoms with Gasteiger partial charge in [0.25, 0.3) is 0 Å². The van der Waals surface area contributed by atoms with Crippen LogP contribution in [-0.2, 0) is 16.0 Å². The monoisotopic (exact) mass is 443 g/mol. The van der Waals surface area contributed by atoms with Crippen molar-refractivity contribution in [3.05, 3.63) is 69.7 Å². The van der Waals surface area contributed by atoms with Gasteiger partial charge in [-0.25, -0.2) is 9.78 Å². The Balaban J connectivity index is 1.65. The molecule has 2 N–H and O–H groups in total. The molecule has 1 aromatic heterocycles. The molecule has 0 spiro atoms. The Morgan fingerprint density at radius 2 is 2.03 bits per heavy atom. The highest BCUT2D eigenvalue weighted by Crippen LogP contribution is 2.27. The third-order valence-corrected chi connectivity index (χ3v) is 5.02. The molecule has 30 heavy (non-hydrogen) atoms. The van der Waals surface area contributed by atoms with Gasteiger partial charge in [-0.3, -0.25) is 10.2 Å². The van der Waals surface area contributed by atoms with Crippen molar-refractivity contribution in [1.29, 1.82) is 0 Å². The van der Waals surface area contributed by atoms with Crippen LogP contribution in [0.3, 0.4) is 0 Å². The Hall–Kier alpha value is -3.23. The van der Waals surface area contributed by atoms with Crippen molar-refractivity contribution in [3.63, 3.8) is 0 Å². The summed E-state index contributed by atoms with van der Waals surface area (Å²) in [4.78, 5) is 27.2. The number of aromatic carboxylic acids is 1. The lowest BCUT2D eigenvalue weighted by Crippen LogP contribution is -2.07. The van der Waals surface area contributed by atoms with Gasteiger partial charge in [0, 0.05) is 10.4 Å². The van der Waals surface area contributed by atoms with Crippen LogP contribution in [0.2, 0.25) is 5.02 Å². The van der Waals surface area contributed by atoms with E-state index < -0.39 is 5.97 Å².